The van der Waals surface area contributed by atoms with Crippen LogP contribution in [0.15, 0.2) is 42.6 Å². The number of carbonyl (C=O) groups excluding carboxylic acids is 1. The molecule has 4 nitrogen and oxygen atoms in total. The van der Waals surface area contributed by atoms with Crippen molar-refractivity contribution in [1.29, 1.82) is 0 Å². The maximum Gasteiger partial charge on any atom is 0.254 e. The largest absolute Gasteiger partial charge is 0.381 e. The van der Waals surface area contributed by atoms with Crippen molar-refractivity contribution in [2.24, 2.45) is 7.05 Å². The average Bonchev–Trinajstić information content (AvgIpc) is 3.33. The Kier molecular flexibility index (Phi) is 4.62. The van der Waals surface area contributed by atoms with Crippen LogP contribution in [0.25, 0.3) is 0 Å². The zero-order chi connectivity index (χ0) is 17.2. The van der Waals surface area contributed by atoms with Crippen LogP contribution in [-0.2, 0) is 11.8 Å². The second kappa shape index (κ2) is 7.04. The Labute approximate surface area is 149 Å². The second-order valence-electron chi connectivity index (χ2n) is 7.24. The number of hydrogen-bond donors (Lipinski definition) is 0. The maximum atomic E-state index is 13.3. The van der Waals surface area contributed by atoms with E-state index in [9.17, 15) is 4.79 Å². The van der Waals surface area contributed by atoms with Crippen molar-refractivity contribution in [3.63, 3.8) is 0 Å². The molecule has 0 saturated carbocycles. The van der Waals surface area contributed by atoms with Gasteiger partial charge in [-0.25, -0.2) is 0 Å². The highest BCUT2D eigenvalue weighted by Gasteiger charge is 2.30. The summed E-state index contributed by atoms with van der Waals surface area (Å²) in [5.41, 5.74) is 3.27. The molecule has 2 aromatic rings. The molecule has 2 atom stereocenters. The molecule has 2 saturated heterocycles. The molecular formula is C21H26N2O2. The Morgan fingerprint density at radius 3 is 2.84 bits per heavy atom. The topological polar surface area (TPSA) is 34.5 Å². The van der Waals surface area contributed by atoms with Gasteiger partial charge in [0.2, 0.25) is 0 Å². The highest BCUT2D eigenvalue weighted by Crippen LogP contribution is 2.33. The van der Waals surface area contributed by atoms with Gasteiger partial charge in [0, 0.05) is 43.6 Å². The fraction of sp³-hybridized carbons (Fsp3) is 0.476. The van der Waals surface area contributed by atoms with E-state index in [1.54, 1.807) is 0 Å². The van der Waals surface area contributed by atoms with Crippen LogP contribution in [0.5, 0.6) is 0 Å². The first-order valence-corrected chi connectivity index (χ1v) is 9.34. The zero-order valence-corrected chi connectivity index (χ0v) is 14.9. The number of aryl methyl sites for hydroxylation is 1. The van der Waals surface area contributed by atoms with E-state index < -0.39 is 0 Å². The molecule has 0 aliphatic carbocycles. The minimum Gasteiger partial charge on any atom is -0.381 e. The fourth-order valence-electron chi connectivity index (χ4n) is 4.19. The van der Waals surface area contributed by atoms with E-state index in [1.165, 1.54) is 17.7 Å². The molecule has 25 heavy (non-hydrogen) atoms. The summed E-state index contributed by atoms with van der Waals surface area (Å²) in [6.07, 6.45) is 6.42. The molecule has 4 heteroatoms. The van der Waals surface area contributed by atoms with Gasteiger partial charge in [-0.05, 0) is 55.5 Å². The smallest absolute Gasteiger partial charge is 0.254 e. The van der Waals surface area contributed by atoms with Crippen molar-refractivity contribution >= 4 is 5.91 Å². The number of ether oxygens (including phenoxy) is 1. The molecule has 1 amide bonds. The van der Waals surface area contributed by atoms with E-state index in [2.05, 4.69) is 47.0 Å². The van der Waals surface area contributed by atoms with Crippen LogP contribution in [0, 0.1) is 0 Å². The molecule has 0 spiro atoms. The number of piperidine rings is 1. The van der Waals surface area contributed by atoms with Gasteiger partial charge in [-0.3, -0.25) is 4.79 Å². The third kappa shape index (κ3) is 3.23. The van der Waals surface area contributed by atoms with Gasteiger partial charge in [-0.1, -0.05) is 12.1 Å². The molecular weight excluding hydrogens is 312 g/mol. The van der Waals surface area contributed by atoms with Crippen LogP contribution < -0.4 is 0 Å². The Morgan fingerprint density at radius 1 is 1.16 bits per heavy atom. The summed E-state index contributed by atoms with van der Waals surface area (Å²) in [6.45, 7) is 2.43. The number of aromatic nitrogens is 1. The van der Waals surface area contributed by atoms with E-state index in [4.69, 9.17) is 4.74 Å². The normalized spacial score (nSPS) is 23.8. The van der Waals surface area contributed by atoms with E-state index in [0.717, 1.165) is 44.6 Å². The first-order valence-electron chi connectivity index (χ1n) is 9.34. The van der Waals surface area contributed by atoms with Crippen LogP contribution in [0.2, 0.25) is 0 Å². The van der Waals surface area contributed by atoms with E-state index in [-0.39, 0.29) is 11.9 Å². The van der Waals surface area contributed by atoms with Crippen LogP contribution >= 0.6 is 0 Å². The Balaban J connectivity index is 1.60. The quantitative estimate of drug-likeness (QED) is 0.851. The van der Waals surface area contributed by atoms with E-state index >= 15 is 0 Å². The van der Waals surface area contributed by atoms with Crippen molar-refractivity contribution in [2.75, 3.05) is 19.8 Å². The number of rotatable bonds is 3. The van der Waals surface area contributed by atoms with Crippen LogP contribution in [0.1, 0.15) is 59.3 Å². The summed E-state index contributed by atoms with van der Waals surface area (Å²) in [5.74, 6) is 0.587. The van der Waals surface area contributed by atoms with Gasteiger partial charge in [0.05, 0.1) is 12.6 Å². The number of amides is 1. The van der Waals surface area contributed by atoms with Crippen LogP contribution in [0.3, 0.4) is 0 Å². The minimum atomic E-state index is 0.159. The molecule has 0 radical (unpaired) electrons. The Morgan fingerprint density at radius 2 is 2.08 bits per heavy atom. The van der Waals surface area contributed by atoms with E-state index in [0.29, 0.717) is 5.92 Å². The standard InChI is InChI=1S/C21H26N2O2/c1-22-11-5-9-19(22)20-8-2-3-12-23(20)21(24)17-7-4-6-16(14-17)18-10-13-25-15-18/h4-7,9,11,14,18,20H,2-3,8,10,12-13,15H2,1H3/t18-,20-/m0/s1. The van der Waals surface area contributed by atoms with E-state index in [1.807, 2.05) is 12.1 Å². The fourth-order valence-corrected chi connectivity index (χ4v) is 4.19. The summed E-state index contributed by atoms with van der Waals surface area (Å²) in [7, 11) is 2.06. The van der Waals surface area contributed by atoms with Gasteiger partial charge in [0.1, 0.15) is 0 Å². The lowest BCUT2D eigenvalue weighted by Crippen LogP contribution is -2.39. The lowest BCUT2D eigenvalue weighted by Gasteiger charge is -2.36. The van der Waals surface area contributed by atoms with Crippen molar-refractivity contribution < 1.29 is 9.53 Å². The number of hydrogen-bond acceptors (Lipinski definition) is 2. The highest BCUT2D eigenvalue weighted by atomic mass is 16.5. The summed E-state index contributed by atoms with van der Waals surface area (Å²) in [4.78, 5) is 15.3. The maximum absolute atomic E-state index is 13.3. The molecule has 4 rings (SSSR count). The van der Waals surface area contributed by atoms with Crippen LogP contribution in [0.4, 0.5) is 0 Å². The number of carbonyl (C=O) groups is 1. The average molecular weight is 338 g/mol. The van der Waals surface area contributed by atoms with Crippen molar-refractivity contribution in [3.8, 4) is 0 Å². The molecule has 0 N–H and O–H groups in total. The molecule has 3 heterocycles. The first-order chi connectivity index (χ1) is 12.2. The minimum absolute atomic E-state index is 0.159. The molecule has 2 aliphatic heterocycles. The monoisotopic (exact) mass is 338 g/mol. The summed E-state index contributed by atoms with van der Waals surface area (Å²) >= 11 is 0. The Hall–Kier alpha value is -2.07. The van der Waals surface area contributed by atoms with Gasteiger partial charge in [-0.2, -0.15) is 0 Å². The first kappa shape index (κ1) is 16.4. The third-order valence-electron chi connectivity index (χ3n) is 5.62. The number of benzene rings is 1. The number of likely N-dealkylation sites (tertiary alicyclic amines) is 1. The molecule has 0 bridgehead atoms. The van der Waals surface area contributed by atoms with Gasteiger partial charge in [0.25, 0.3) is 5.91 Å². The van der Waals surface area contributed by atoms with Crippen molar-refractivity contribution in [1.82, 2.24) is 9.47 Å². The van der Waals surface area contributed by atoms with Crippen molar-refractivity contribution in [2.45, 2.75) is 37.6 Å². The third-order valence-corrected chi connectivity index (χ3v) is 5.62. The molecule has 2 aliphatic rings. The predicted molar refractivity (Wildman–Crippen MR) is 97.7 cm³/mol. The van der Waals surface area contributed by atoms with Gasteiger partial charge < -0.3 is 14.2 Å². The molecule has 1 aromatic heterocycles. The summed E-state index contributed by atoms with van der Waals surface area (Å²) in [5, 5.41) is 0. The summed E-state index contributed by atoms with van der Waals surface area (Å²) < 4.78 is 7.65. The Bertz CT molecular complexity index is 746. The predicted octanol–water partition coefficient (Wildman–Crippen LogP) is 3.90. The van der Waals surface area contributed by atoms with Crippen molar-refractivity contribution in [3.05, 3.63) is 59.4 Å². The van der Waals surface area contributed by atoms with Gasteiger partial charge in [-0.15, -0.1) is 0 Å². The number of nitrogens with zero attached hydrogens (tertiary/aromatic N) is 2. The zero-order valence-electron chi connectivity index (χ0n) is 14.9. The van der Waals surface area contributed by atoms with Gasteiger partial charge in [0.15, 0.2) is 0 Å². The SMILES string of the molecule is Cn1cccc1[C@@H]1CCCCN1C(=O)c1cccc([C@H]2CCOC2)c1. The second-order valence-corrected chi connectivity index (χ2v) is 7.24. The molecule has 0 unspecified atom stereocenters. The molecule has 2 fully saturated rings. The van der Waals surface area contributed by atoms with Crippen LogP contribution in [-0.4, -0.2) is 35.1 Å². The lowest BCUT2D eigenvalue weighted by atomic mass is 9.95. The highest BCUT2D eigenvalue weighted by molar-refractivity contribution is 5.94. The van der Waals surface area contributed by atoms with Gasteiger partial charge >= 0.3 is 0 Å². The molecule has 132 valence electrons. The summed E-state index contributed by atoms with van der Waals surface area (Å²) in [6, 6.07) is 12.6. The lowest BCUT2D eigenvalue weighted by molar-refractivity contribution is 0.0602. The molecule has 1 aromatic carbocycles.